The largest absolute Gasteiger partial charge is 0.377 e. The van der Waals surface area contributed by atoms with Crippen molar-refractivity contribution >= 4 is 5.96 Å². The molecule has 114 valence electrons. The van der Waals surface area contributed by atoms with Crippen LogP contribution in [-0.2, 0) is 4.74 Å². The van der Waals surface area contributed by atoms with Crippen LogP contribution in [0.2, 0.25) is 0 Å². The smallest absolute Gasteiger partial charge is 0.193 e. The third kappa shape index (κ3) is 4.82. The zero-order valence-corrected chi connectivity index (χ0v) is 13.0. The molecular weight excluding hydrogens is 250 g/mol. The van der Waals surface area contributed by atoms with E-state index in [2.05, 4.69) is 30.1 Å². The van der Waals surface area contributed by atoms with Gasteiger partial charge in [0.1, 0.15) is 0 Å². The Balaban J connectivity index is 1.83. The molecule has 4 nitrogen and oxygen atoms in total. The summed E-state index contributed by atoms with van der Waals surface area (Å²) in [6.07, 6.45) is 6.93. The molecule has 0 aromatic carbocycles. The average Bonchev–Trinajstić information content (AvgIpc) is 2.48. The van der Waals surface area contributed by atoms with E-state index in [1.807, 2.05) is 0 Å². The number of ether oxygens (including phenoxy) is 1. The third-order valence-electron chi connectivity index (χ3n) is 4.17. The Morgan fingerprint density at radius 2 is 2.25 bits per heavy atom. The minimum atomic E-state index is 0.781. The molecule has 0 aliphatic carbocycles. The number of hydrogen-bond donors (Lipinski definition) is 1. The molecule has 0 saturated carbocycles. The van der Waals surface area contributed by atoms with Gasteiger partial charge in [-0.3, -0.25) is 4.99 Å². The highest BCUT2D eigenvalue weighted by atomic mass is 16.5. The van der Waals surface area contributed by atoms with E-state index in [1.165, 1.54) is 18.4 Å². The van der Waals surface area contributed by atoms with Crippen molar-refractivity contribution in [1.29, 1.82) is 0 Å². The Kier molecular flexibility index (Phi) is 6.37. The molecule has 2 heterocycles. The SMILES string of the molecule is CCNC(=NCCC1=CCOCC1)N1CCC(C)CC1. The number of hydrogen-bond acceptors (Lipinski definition) is 2. The monoisotopic (exact) mass is 279 g/mol. The van der Waals surface area contributed by atoms with Gasteiger partial charge in [0.2, 0.25) is 0 Å². The van der Waals surface area contributed by atoms with Crippen LogP contribution in [0.25, 0.3) is 0 Å². The molecule has 0 aromatic heterocycles. The van der Waals surface area contributed by atoms with E-state index >= 15 is 0 Å². The fourth-order valence-electron chi connectivity index (χ4n) is 2.74. The first-order chi connectivity index (χ1) is 9.79. The maximum Gasteiger partial charge on any atom is 0.193 e. The van der Waals surface area contributed by atoms with Crippen LogP contribution in [0.3, 0.4) is 0 Å². The topological polar surface area (TPSA) is 36.9 Å². The Labute approximate surface area is 123 Å². The molecule has 2 aliphatic rings. The Morgan fingerprint density at radius 3 is 2.90 bits per heavy atom. The van der Waals surface area contributed by atoms with Crippen LogP contribution in [0.4, 0.5) is 0 Å². The van der Waals surface area contributed by atoms with E-state index in [0.29, 0.717) is 0 Å². The molecule has 0 radical (unpaired) electrons. The number of likely N-dealkylation sites (tertiary alicyclic amines) is 1. The molecule has 0 unspecified atom stereocenters. The summed E-state index contributed by atoms with van der Waals surface area (Å²) >= 11 is 0. The molecule has 0 aromatic rings. The number of nitrogens with zero attached hydrogens (tertiary/aromatic N) is 2. The maximum absolute atomic E-state index is 5.34. The third-order valence-corrected chi connectivity index (χ3v) is 4.17. The van der Waals surface area contributed by atoms with Gasteiger partial charge in [-0.15, -0.1) is 0 Å². The molecule has 0 atom stereocenters. The molecule has 0 amide bonds. The van der Waals surface area contributed by atoms with Gasteiger partial charge in [-0.05, 0) is 38.5 Å². The lowest BCUT2D eigenvalue weighted by Gasteiger charge is -2.33. The summed E-state index contributed by atoms with van der Waals surface area (Å²) in [5, 5.41) is 3.44. The lowest BCUT2D eigenvalue weighted by atomic mass is 9.99. The molecule has 20 heavy (non-hydrogen) atoms. The zero-order valence-electron chi connectivity index (χ0n) is 13.0. The minimum absolute atomic E-state index is 0.781. The highest BCUT2D eigenvalue weighted by molar-refractivity contribution is 5.80. The van der Waals surface area contributed by atoms with Gasteiger partial charge in [0.05, 0.1) is 13.2 Å². The second kappa shape index (κ2) is 8.30. The summed E-state index contributed by atoms with van der Waals surface area (Å²) in [5.74, 6) is 1.97. The molecule has 1 saturated heterocycles. The van der Waals surface area contributed by atoms with E-state index in [-0.39, 0.29) is 0 Å². The summed E-state index contributed by atoms with van der Waals surface area (Å²) < 4.78 is 5.34. The number of rotatable bonds is 4. The lowest BCUT2D eigenvalue weighted by Crippen LogP contribution is -2.45. The minimum Gasteiger partial charge on any atom is -0.377 e. The summed E-state index contributed by atoms with van der Waals surface area (Å²) in [7, 11) is 0. The Bertz CT molecular complexity index is 344. The maximum atomic E-state index is 5.34. The van der Waals surface area contributed by atoms with Crippen molar-refractivity contribution in [2.45, 2.75) is 39.5 Å². The van der Waals surface area contributed by atoms with Crippen LogP contribution in [0.15, 0.2) is 16.6 Å². The highest BCUT2D eigenvalue weighted by Gasteiger charge is 2.18. The highest BCUT2D eigenvalue weighted by Crippen LogP contribution is 2.16. The number of piperidine rings is 1. The first kappa shape index (κ1) is 15.4. The van der Waals surface area contributed by atoms with Crippen LogP contribution in [0.5, 0.6) is 0 Å². The molecular formula is C16H29N3O. The average molecular weight is 279 g/mol. The van der Waals surface area contributed by atoms with E-state index in [0.717, 1.165) is 64.1 Å². The van der Waals surface area contributed by atoms with Crippen molar-refractivity contribution in [3.05, 3.63) is 11.6 Å². The molecule has 2 rings (SSSR count). The van der Waals surface area contributed by atoms with Gasteiger partial charge in [0.25, 0.3) is 0 Å². The zero-order chi connectivity index (χ0) is 14.2. The van der Waals surface area contributed by atoms with E-state index in [9.17, 15) is 0 Å². The van der Waals surface area contributed by atoms with E-state index in [4.69, 9.17) is 9.73 Å². The predicted molar refractivity (Wildman–Crippen MR) is 84.1 cm³/mol. The van der Waals surface area contributed by atoms with Gasteiger partial charge in [-0.1, -0.05) is 18.6 Å². The lowest BCUT2D eigenvalue weighted by molar-refractivity contribution is 0.153. The molecule has 1 fully saturated rings. The molecule has 0 spiro atoms. The quantitative estimate of drug-likeness (QED) is 0.488. The number of aliphatic imine (C=N–C) groups is 1. The molecule has 1 N–H and O–H groups in total. The molecule has 2 aliphatic heterocycles. The van der Waals surface area contributed by atoms with Crippen molar-refractivity contribution in [1.82, 2.24) is 10.2 Å². The van der Waals surface area contributed by atoms with Crippen molar-refractivity contribution in [3.63, 3.8) is 0 Å². The van der Waals surface area contributed by atoms with Crippen molar-refractivity contribution in [2.24, 2.45) is 10.9 Å². The van der Waals surface area contributed by atoms with E-state index in [1.54, 1.807) is 0 Å². The molecule has 0 bridgehead atoms. The van der Waals surface area contributed by atoms with Crippen LogP contribution >= 0.6 is 0 Å². The van der Waals surface area contributed by atoms with Gasteiger partial charge in [0, 0.05) is 26.2 Å². The van der Waals surface area contributed by atoms with Gasteiger partial charge >= 0.3 is 0 Å². The van der Waals surface area contributed by atoms with Gasteiger partial charge in [-0.2, -0.15) is 0 Å². The fourth-order valence-corrected chi connectivity index (χ4v) is 2.74. The number of guanidine groups is 1. The first-order valence-electron chi connectivity index (χ1n) is 8.08. The second-order valence-corrected chi connectivity index (χ2v) is 5.84. The second-order valence-electron chi connectivity index (χ2n) is 5.84. The summed E-state index contributed by atoms with van der Waals surface area (Å²) in [6, 6.07) is 0. The van der Waals surface area contributed by atoms with Gasteiger partial charge < -0.3 is 15.0 Å². The standard InChI is InChI=1S/C16H29N3O/c1-3-17-16(19-10-5-14(2)6-11-19)18-9-4-15-7-12-20-13-8-15/h7,14H,3-6,8-13H2,1-2H3,(H,17,18). The number of nitrogens with one attached hydrogen (secondary N) is 1. The van der Waals surface area contributed by atoms with Crippen LogP contribution in [0, 0.1) is 5.92 Å². The van der Waals surface area contributed by atoms with Crippen LogP contribution in [0.1, 0.15) is 39.5 Å². The fraction of sp³-hybridized carbons (Fsp3) is 0.812. The van der Waals surface area contributed by atoms with Crippen LogP contribution < -0.4 is 5.32 Å². The first-order valence-corrected chi connectivity index (χ1v) is 8.08. The summed E-state index contributed by atoms with van der Waals surface area (Å²) in [6.45, 7) is 10.3. The van der Waals surface area contributed by atoms with Crippen molar-refractivity contribution in [3.8, 4) is 0 Å². The van der Waals surface area contributed by atoms with Crippen LogP contribution in [-0.4, -0.2) is 50.3 Å². The van der Waals surface area contributed by atoms with Crippen molar-refractivity contribution < 1.29 is 4.74 Å². The summed E-state index contributed by atoms with van der Waals surface area (Å²) in [5.41, 5.74) is 1.50. The van der Waals surface area contributed by atoms with Crippen molar-refractivity contribution in [2.75, 3.05) is 39.4 Å². The van der Waals surface area contributed by atoms with E-state index < -0.39 is 0 Å². The normalized spacial score (nSPS) is 21.8. The predicted octanol–water partition coefficient (Wildman–Crippen LogP) is 2.42. The Hall–Kier alpha value is -1.03. The summed E-state index contributed by atoms with van der Waals surface area (Å²) in [4.78, 5) is 7.22. The van der Waals surface area contributed by atoms with Gasteiger partial charge in [0.15, 0.2) is 5.96 Å². The Morgan fingerprint density at radius 1 is 1.45 bits per heavy atom. The van der Waals surface area contributed by atoms with Gasteiger partial charge in [-0.25, -0.2) is 0 Å². The molecule has 4 heteroatoms.